The van der Waals surface area contributed by atoms with Crippen LogP contribution in [0.25, 0.3) is 0 Å². The van der Waals surface area contributed by atoms with Gasteiger partial charge in [0.05, 0.1) is 0 Å². The van der Waals surface area contributed by atoms with E-state index in [1.54, 1.807) is 4.90 Å². The van der Waals surface area contributed by atoms with Crippen molar-refractivity contribution in [2.24, 2.45) is 11.7 Å². The molecule has 20 heavy (non-hydrogen) atoms. The number of nitrogens with zero attached hydrogens (tertiary/aromatic N) is 1. The Hall–Kier alpha value is -1.55. The SMILES string of the molecule is CC(C)C(N)CCN(C)C(=O)C1COc2ccccc21. The van der Waals surface area contributed by atoms with Gasteiger partial charge in [-0.3, -0.25) is 4.79 Å². The Labute approximate surface area is 120 Å². The van der Waals surface area contributed by atoms with Crippen LogP contribution in [0.15, 0.2) is 24.3 Å². The summed E-state index contributed by atoms with van der Waals surface area (Å²) in [6, 6.07) is 7.90. The van der Waals surface area contributed by atoms with E-state index in [0.717, 1.165) is 17.7 Å². The smallest absolute Gasteiger partial charge is 0.233 e. The molecule has 1 aromatic carbocycles. The summed E-state index contributed by atoms with van der Waals surface area (Å²) < 4.78 is 5.57. The molecular formula is C16H24N2O2. The molecule has 1 heterocycles. The van der Waals surface area contributed by atoms with Crippen molar-refractivity contribution in [3.05, 3.63) is 29.8 Å². The van der Waals surface area contributed by atoms with Gasteiger partial charge in [-0.05, 0) is 18.4 Å². The van der Waals surface area contributed by atoms with Gasteiger partial charge in [0.25, 0.3) is 0 Å². The zero-order chi connectivity index (χ0) is 14.7. The first kappa shape index (κ1) is 14.9. The third-order valence-corrected chi connectivity index (χ3v) is 4.03. The Bertz CT molecular complexity index is 473. The predicted molar refractivity (Wildman–Crippen MR) is 79.7 cm³/mol. The number of benzene rings is 1. The van der Waals surface area contributed by atoms with Gasteiger partial charge in [0, 0.05) is 25.2 Å². The number of fused-ring (bicyclic) bond motifs is 1. The fourth-order valence-corrected chi connectivity index (χ4v) is 2.42. The number of hydrogen-bond donors (Lipinski definition) is 1. The van der Waals surface area contributed by atoms with Crippen molar-refractivity contribution in [3.8, 4) is 5.75 Å². The summed E-state index contributed by atoms with van der Waals surface area (Å²) in [7, 11) is 1.84. The minimum atomic E-state index is -0.175. The maximum Gasteiger partial charge on any atom is 0.233 e. The molecule has 0 aliphatic carbocycles. The second kappa shape index (κ2) is 6.27. The summed E-state index contributed by atoms with van der Waals surface area (Å²) in [4.78, 5) is 14.3. The molecule has 2 N–H and O–H groups in total. The second-order valence-electron chi connectivity index (χ2n) is 5.86. The van der Waals surface area contributed by atoms with Crippen molar-refractivity contribution in [2.75, 3.05) is 20.2 Å². The molecule has 1 amide bonds. The molecule has 4 nitrogen and oxygen atoms in total. The standard InChI is InChI=1S/C16H24N2O2/c1-11(2)14(17)8-9-18(3)16(19)13-10-20-15-7-5-4-6-12(13)15/h4-7,11,13-14H,8-10,17H2,1-3H3. The van der Waals surface area contributed by atoms with Crippen molar-refractivity contribution < 1.29 is 9.53 Å². The molecule has 1 aliphatic rings. The molecule has 0 saturated carbocycles. The maximum atomic E-state index is 12.5. The zero-order valence-electron chi connectivity index (χ0n) is 12.5. The van der Waals surface area contributed by atoms with Crippen LogP contribution < -0.4 is 10.5 Å². The second-order valence-corrected chi connectivity index (χ2v) is 5.86. The summed E-state index contributed by atoms with van der Waals surface area (Å²) in [6.45, 7) is 5.34. The average molecular weight is 276 g/mol. The van der Waals surface area contributed by atoms with E-state index in [9.17, 15) is 4.79 Å². The Kier molecular flexibility index (Phi) is 4.65. The van der Waals surface area contributed by atoms with Crippen molar-refractivity contribution in [2.45, 2.75) is 32.2 Å². The molecule has 0 fully saturated rings. The van der Waals surface area contributed by atoms with Gasteiger partial charge in [0.15, 0.2) is 0 Å². The normalized spacial score (nSPS) is 18.6. The first-order valence-electron chi connectivity index (χ1n) is 7.23. The number of ether oxygens (including phenoxy) is 1. The average Bonchev–Trinajstić information content (AvgIpc) is 2.87. The van der Waals surface area contributed by atoms with Crippen LogP contribution in [0, 0.1) is 5.92 Å². The molecule has 4 heteroatoms. The Morgan fingerprint density at radius 3 is 2.85 bits per heavy atom. The van der Waals surface area contributed by atoms with Gasteiger partial charge >= 0.3 is 0 Å². The fourth-order valence-electron chi connectivity index (χ4n) is 2.42. The highest BCUT2D eigenvalue weighted by atomic mass is 16.5. The maximum absolute atomic E-state index is 12.5. The lowest BCUT2D eigenvalue weighted by atomic mass is 9.99. The quantitative estimate of drug-likeness (QED) is 0.895. The van der Waals surface area contributed by atoms with Crippen molar-refractivity contribution in [3.63, 3.8) is 0 Å². The molecule has 0 aromatic heterocycles. The molecule has 110 valence electrons. The first-order valence-corrected chi connectivity index (χ1v) is 7.23. The zero-order valence-corrected chi connectivity index (χ0v) is 12.5. The van der Waals surface area contributed by atoms with Gasteiger partial charge in [-0.15, -0.1) is 0 Å². The van der Waals surface area contributed by atoms with Crippen LogP contribution >= 0.6 is 0 Å². The third kappa shape index (κ3) is 3.12. The lowest BCUT2D eigenvalue weighted by Crippen LogP contribution is -2.37. The van der Waals surface area contributed by atoms with Crippen molar-refractivity contribution in [1.82, 2.24) is 4.90 Å². The number of para-hydroxylation sites is 1. The lowest BCUT2D eigenvalue weighted by Gasteiger charge is -2.23. The Morgan fingerprint density at radius 1 is 1.45 bits per heavy atom. The topological polar surface area (TPSA) is 55.6 Å². The first-order chi connectivity index (χ1) is 9.50. The number of hydrogen-bond acceptors (Lipinski definition) is 3. The van der Waals surface area contributed by atoms with E-state index in [1.807, 2.05) is 31.3 Å². The summed E-state index contributed by atoms with van der Waals surface area (Å²) in [5, 5.41) is 0. The lowest BCUT2D eigenvalue weighted by molar-refractivity contribution is -0.131. The minimum absolute atomic E-state index is 0.117. The highest BCUT2D eigenvalue weighted by Crippen LogP contribution is 2.34. The number of carbonyl (C=O) groups excluding carboxylic acids is 1. The number of carbonyl (C=O) groups is 1. The number of likely N-dealkylation sites (N-methyl/N-ethyl adjacent to an activating group) is 1. The fraction of sp³-hybridized carbons (Fsp3) is 0.562. The summed E-state index contributed by atoms with van der Waals surface area (Å²) in [5.41, 5.74) is 7.03. The van der Waals surface area contributed by atoms with Gasteiger partial charge in [-0.2, -0.15) is 0 Å². The highest BCUT2D eigenvalue weighted by Gasteiger charge is 2.31. The van der Waals surface area contributed by atoms with E-state index >= 15 is 0 Å². The molecule has 0 spiro atoms. The molecule has 0 radical (unpaired) electrons. The van der Waals surface area contributed by atoms with E-state index < -0.39 is 0 Å². The molecule has 1 aromatic rings. The van der Waals surface area contributed by atoms with Crippen LogP contribution in [-0.2, 0) is 4.79 Å². The monoisotopic (exact) mass is 276 g/mol. The van der Waals surface area contributed by atoms with Gasteiger partial charge in [-0.25, -0.2) is 0 Å². The van der Waals surface area contributed by atoms with Crippen LogP contribution in [0.1, 0.15) is 31.7 Å². The molecule has 2 unspecified atom stereocenters. The summed E-state index contributed by atoms with van der Waals surface area (Å²) in [6.07, 6.45) is 0.829. The summed E-state index contributed by atoms with van der Waals surface area (Å²) in [5.74, 6) is 1.21. The number of rotatable bonds is 5. The number of nitrogens with two attached hydrogens (primary N) is 1. The number of amides is 1. The van der Waals surface area contributed by atoms with Gasteiger partial charge in [-0.1, -0.05) is 32.0 Å². The van der Waals surface area contributed by atoms with E-state index in [4.69, 9.17) is 10.5 Å². The van der Waals surface area contributed by atoms with Gasteiger partial charge < -0.3 is 15.4 Å². The molecule has 2 rings (SSSR count). The van der Waals surface area contributed by atoms with Crippen LogP contribution in [0.5, 0.6) is 5.75 Å². The van der Waals surface area contributed by atoms with Crippen LogP contribution in [0.3, 0.4) is 0 Å². The van der Waals surface area contributed by atoms with Crippen LogP contribution in [0.4, 0.5) is 0 Å². The molecular weight excluding hydrogens is 252 g/mol. The minimum Gasteiger partial charge on any atom is -0.492 e. The summed E-state index contributed by atoms with van der Waals surface area (Å²) >= 11 is 0. The van der Waals surface area contributed by atoms with Crippen molar-refractivity contribution >= 4 is 5.91 Å². The largest absolute Gasteiger partial charge is 0.492 e. The van der Waals surface area contributed by atoms with E-state index in [-0.39, 0.29) is 17.9 Å². The predicted octanol–water partition coefficient (Wildman–Crippen LogP) is 1.99. The van der Waals surface area contributed by atoms with E-state index in [1.165, 1.54) is 0 Å². The van der Waals surface area contributed by atoms with Gasteiger partial charge in [0.2, 0.25) is 5.91 Å². The Balaban J connectivity index is 1.95. The van der Waals surface area contributed by atoms with E-state index in [0.29, 0.717) is 19.1 Å². The molecule has 0 saturated heterocycles. The Morgan fingerprint density at radius 2 is 2.15 bits per heavy atom. The van der Waals surface area contributed by atoms with Gasteiger partial charge in [0.1, 0.15) is 18.3 Å². The molecule has 2 atom stereocenters. The van der Waals surface area contributed by atoms with E-state index in [2.05, 4.69) is 13.8 Å². The van der Waals surface area contributed by atoms with Crippen LogP contribution in [-0.4, -0.2) is 37.0 Å². The third-order valence-electron chi connectivity index (χ3n) is 4.03. The molecule has 1 aliphatic heterocycles. The van der Waals surface area contributed by atoms with Crippen molar-refractivity contribution in [1.29, 1.82) is 0 Å². The highest BCUT2D eigenvalue weighted by molar-refractivity contribution is 5.85. The molecule has 0 bridgehead atoms. The van der Waals surface area contributed by atoms with Crippen LogP contribution in [0.2, 0.25) is 0 Å².